The lowest BCUT2D eigenvalue weighted by Gasteiger charge is -2.12. The van der Waals surface area contributed by atoms with Crippen molar-refractivity contribution in [2.45, 2.75) is 13.8 Å². The van der Waals surface area contributed by atoms with Gasteiger partial charge in [-0.05, 0) is 25.5 Å². The highest BCUT2D eigenvalue weighted by molar-refractivity contribution is 6.31. The van der Waals surface area contributed by atoms with Gasteiger partial charge in [-0.15, -0.1) is 0 Å². The molecule has 1 aromatic rings. The van der Waals surface area contributed by atoms with Gasteiger partial charge in [-0.1, -0.05) is 17.7 Å². The molecule has 0 heterocycles. The number of anilines is 1. The van der Waals surface area contributed by atoms with E-state index in [0.29, 0.717) is 22.9 Å². The fraction of sp³-hybridized carbons (Fsp3) is 0.308. The Labute approximate surface area is 111 Å². The highest BCUT2D eigenvalue weighted by Gasteiger charge is 2.06. The molecule has 18 heavy (non-hydrogen) atoms. The summed E-state index contributed by atoms with van der Waals surface area (Å²) in [6.45, 7) is 3.86. The molecule has 5 heteroatoms. The molecule has 2 N–H and O–H groups in total. The van der Waals surface area contributed by atoms with E-state index < -0.39 is 5.97 Å². The van der Waals surface area contributed by atoms with E-state index in [9.17, 15) is 4.79 Å². The topological polar surface area (TPSA) is 58.6 Å². The van der Waals surface area contributed by atoms with Crippen molar-refractivity contribution in [2.24, 2.45) is 0 Å². The van der Waals surface area contributed by atoms with Gasteiger partial charge in [0.05, 0.1) is 12.8 Å². The highest BCUT2D eigenvalue weighted by Crippen LogP contribution is 2.30. The Balaban J connectivity index is 2.82. The maximum absolute atomic E-state index is 10.6. The molecule has 0 aliphatic carbocycles. The van der Waals surface area contributed by atoms with Crippen LogP contribution in [0.4, 0.5) is 5.69 Å². The van der Waals surface area contributed by atoms with Gasteiger partial charge in [-0.25, -0.2) is 4.79 Å². The third-order valence-corrected chi connectivity index (χ3v) is 2.93. The van der Waals surface area contributed by atoms with Crippen LogP contribution in [-0.4, -0.2) is 24.7 Å². The molecule has 4 nitrogen and oxygen atoms in total. The number of aryl methyl sites for hydroxylation is 1. The van der Waals surface area contributed by atoms with E-state index >= 15 is 0 Å². The normalized spacial score (nSPS) is 11.2. The Bertz CT molecular complexity index is 483. The first-order chi connectivity index (χ1) is 8.45. The van der Waals surface area contributed by atoms with E-state index in [-0.39, 0.29) is 0 Å². The molecule has 0 atom stereocenters. The van der Waals surface area contributed by atoms with E-state index in [1.54, 1.807) is 26.2 Å². The summed E-state index contributed by atoms with van der Waals surface area (Å²) in [5.41, 5.74) is 2.01. The lowest BCUT2D eigenvalue weighted by Crippen LogP contribution is -2.04. The lowest BCUT2D eigenvalue weighted by molar-refractivity contribution is -0.132. The molecule has 0 radical (unpaired) electrons. The lowest BCUT2D eigenvalue weighted by atomic mass is 10.2. The van der Waals surface area contributed by atoms with Crippen molar-refractivity contribution in [1.82, 2.24) is 0 Å². The maximum atomic E-state index is 10.6. The zero-order chi connectivity index (χ0) is 13.7. The number of hydrogen-bond donors (Lipinski definition) is 2. The van der Waals surface area contributed by atoms with E-state index in [1.165, 1.54) is 0 Å². The van der Waals surface area contributed by atoms with Gasteiger partial charge in [0.15, 0.2) is 0 Å². The molecule has 0 saturated carbocycles. The number of carboxylic acids is 1. The quantitative estimate of drug-likeness (QED) is 0.807. The second-order valence-electron chi connectivity index (χ2n) is 3.87. The maximum Gasteiger partial charge on any atom is 0.331 e. The number of hydrogen-bond acceptors (Lipinski definition) is 3. The van der Waals surface area contributed by atoms with Gasteiger partial charge in [0.2, 0.25) is 0 Å². The van der Waals surface area contributed by atoms with Crippen molar-refractivity contribution < 1.29 is 14.6 Å². The van der Waals surface area contributed by atoms with Gasteiger partial charge in [-0.3, -0.25) is 0 Å². The number of aliphatic carboxylic acids is 1. The predicted octanol–water partition coefficient (Wildman–Crippen LogP) is 3.10. The fourth-order valence-electron chi connectivity index (χ4n) is 1.37. The van der Waals surface area contributed by atoms with E-state index in [0.717, 1.165) is 11.3 Å². The molecule has 0 spiro atoms. The molecule has 1 aromatic carbocycles. The number of carbonyl (C=O) groups is 1. The molecule has 0 saturated heterocycles. The van der Waals surface area contributed by atoms with Crippen molar-refractivity contribution >= 4 is 23.3 Å². The second kappa shape index (κ2) is 6.31. The minimum absolute atomic E-state index is 0.298. The van der Waals surface area contributed by atoms with E-state index in [1.807, 2.05) is 13.0 Å². The second-order valence-corrected chi connectivity index (χ2v) is 4.28. The first-order valence-corrected chi connectivity index (χ1v) is 5.81. The molecular formula is C13H16ClNO3. The van der Waals surface area contributed by atoms with Crippen molar-refractivity contribution in [3.63, 3.8) is 0 Å². The molecule has 0 bridgehead atoms. The van der Waals surface area contributed by atoms with Gasteiger partial charge in [0.1, 0.15) is 5.75 Å². The Kier molecular flexibility index (Phi) is 5.04. The summed E-state index contributed by atoms with van der Waals surface area (Å²) >= 11 is 5.99. The van der Waals surface area contributed by atoms with Crippen LogP contribution in [-0.2, 0) is 4.79 Å². The standard InChI is InChI=1S/C13H16ClNO3/c1-8(13(16)17)4-5-15-11-6-9(2)10(14)7-12(11)18-3/h4,6-7,15H,5H2,1-3H3,(H,16,17)/b8-4-. The summed E-state index contributed by atoms with van der Waals surface area (Å²) in [5, 5.41) is 12.5. The van der Waals surface area contributed by atoms with Gasteiger partial charge in [-0.2, -0.15) is 0 Å². The third-order valence-electron chi connectivity index (χ3n) is 2.52. The molecule has 0 unspecified atom stereocenters. The minimum Gasteiger partial charge on any atom is -0.495 e. The van der Waals surface area contributed by atoms with E-state index in [4.69, 9.17) is 21.4 Å². The van der Waals surface area contributed by atoms with Crippen LogP contribution in [0.2, 0.25) is 5.02 Å². The van der Waals surface area contributed by atoms with Gasteiger partial charge < -0.3 is 15.2 Å². The third kappa shape index (κ3) is 3.67. The number of carboxylic acid groups (broad SMARTS) is 1. The average molecular weight is 270 g/mol. The van der Waals surface area contributed by atoms with Gasteiger partial charge in [0.25, 0.3) is 0 Å². The highest BCUT2D eigenvalue weighted by atomic mass is 35.5. The van der Waals surface area contributed by atoms with Crippen LogP contribution in [0.25, 0.3) is 0 Å². The van der Waals surface area contributed by atoms with Crippen LogP contribution in [0.15, 0.2) is 23.8 Å². The zero-order valence-corrected chi connectivity index (χ0v) is 11.3. The molecule has 98 valence electrons. The summed E-state index contributed by atoms with van der Waals surface area (Å²) < 4.78 is 5.20. The molecule has 0 aliphatic heterocycles. The molecule has 0 amide bonds. The number of ether oxygens (including phenoxy) is 1. The average Bonchev–Trinajstić information content (AvgIpc) is 2.32. The Hall–Kier alpha value is -1.68. The molecule has 0 aliphatic rings. The number of nitrogens with one attached hydrogen (secondary N) is 1. The van der Waals surface area contributed by atoms with Crippen molar-refractivity contribution in [1.29, 1.82) is 0 Å². The first kappa shape index (κ1) is 14.4. The van der Waals surface area contributed by atoms with Crippen LogP contribution in [0.1, 0.15) is 12.5 Å². The first-order valence-electron chi connectivity index (χ1n) is 5.43. The Morgan fingerprint density at radius 3 is 2.78 bits per heavy atom. The van der Waals surface area contributed by atoms with Crippen LogP contribution in [0, 0.1) is 6.92 Å². The number of rotatable bonds is 5. The number of benzene rings is 1. The van der Waals surface area contributed by atoms with Gasteiger partial charge in [0, 0.05) is 23.2 Å². The van der Waals surface area contributed by atoms with Crippen molar-refractivity contribution in [2.75, 3.05) is 19.0 Å². The predicted molar refractivity (Wildman–Crippen MR) is 72.6 cm³/mol. The Morgan fingerprint density at radius 2 is 2.22 bits per heavy atom. The van der Waals surface area contributed by atoms with Crippen LogP contribution in [0.3, 0.4) is 0 Å². The molecule has 1 rings (SSSR count). The summed E-state index contributed by atoms with van der Waals surface area (Å²) in [6, 6.07) is 3.60. The van der Waals surface area contributed by atoms with Crippen LogP contribution < -0.4 is 10.1 Å². The summed E-state index contributed by atoms with van der Waals surface area (Å²) in [7, 11) is 1.56. The minimum atomic E-state index is -0.920. The molecular weight excluding hydrogens is 254 g/mol. The SMILES string of the molecule is COc1cc(Cl)c(C)cc1NC/C=C(/C)C(=O)O. The smallest absolute Gasteiger partial charge is 0.331 e. The molecule has 0 aromatic heterocycles. The molecule has 0 fully saturated rings. The van der Waals surface area contributed by atoms with Crippen LogP contribution >= 0.6 is 11.6 Å². The van der Waals surface area contributed by atoms with Gasteiger partial charge >= 0.3 is 5.97 Å². The number of halogens is 1. The van der Waals surface area contributed by atoms with Crippen molar-refractivity contribution in [3.8, 4) is 5.75 Å². The van der Waals surface area contributed by atoms with Crippen molar-refractivity contribution in [3.05, 3.63) is 34.4 Å². The summed E-state index contributed by atoms with van der Waals surface area (Å²) in [5.74, 6) is -0.289. The Morgan fingerprint density at radius 1 is 1.56 bits per heavy atom. The zero-order valence-electron chi connectivity index (χ0n) is 10.6. The largest absolute Gasteiger partial charge is 0.495 e. The number of methoxy groups -OCH3 is 1. The monoisotopic (exact) mass is 269 g/mol. The van der Waals surface area contributed by atoms with Crippen LogP contribution in [0.5, 0.6) is 5.75 Å². The summed E-state index contributed by atoms with van der Waals surface area (Å²) in [4.78, 5) is 10.6. The van der Waals surface area contributed by atoms with E-state index in [2.05, 4.69) is 5.32 Å². The summed E-state index contributed by atoms with van der Waals surface area (Å²) in [6.07, 6.45) is 1.60. The fourth-order valence-corrected chi connectivity index (χ4v) is 1.53.